The maximum Gasteiger partial charge on any atom is 0.155 e. The van der Waals surface area contributed by atoms with Gasteiger partial charge in [0.25, 0.3) is 0 Å². The number of likely N-dealkylation sites (N-methyl/N-ethyl adjacent to an activating group) is 2. The molecule has 0 amide bonds. The van der Waals surface area contributed by atoms with Crippen LogP contribution in [0.25, 0.3) is 0 Å². The topological polar surface area (TPSA) is 9.23 Å². The largest absolute Gasteiger partial charge is 1.00 e. The van der Waals surface area contributed by atoms with Gasteiger partial charge in [0.05, 0.1) is 46.9 Å². The average Bonchev–Trinajstić information content (AvgIpc) is 2.60. The first-order valence-corrected chi connectivity index (χ1v) is 9.23. The third kappa shape index (κ3) is 9.89. The predicted molar refractivity (Wildman–Crippen MR) is 99.3 cm³/mol. The van der Waals surface area contributed by atoms with Gasteiger partial charge in [-0.1, -0.05) is 30.3 Å². The molecule has 0 saturated heterocycles. The van der Waals surface area contributed by atoms with E-state index in [9.17, 15) is 0 Å². The van der Waals surface area contributed by atoms with Crippen molar-refractivity contribution in [2.75, 3.05) is 53.4 Å². The quantitative estimate of drug-likeness (QED) is 0.210. The molecule has 25 heavy (non-hydrogen) atoms. The van der Waals surface area contributed by atoms with Crippen molar-refractivity contribution in [2.45, 2.75) is 40.4 Å². The van der Waals surface area contributed by atoms with Gasteiger partial charge >= 0.3 is 0 Å². The molecule has 0 fully saturated rings. The van der Waals surface area contributed by atoms with E-state index < -0.39 is 0 Å². The monoisotopic (exact) mass is 576 g/mol. The van der Waals surface area contributed by atoms with Gasteiger partial charge in [-0.25, -0.2) is 0 Å². The zero-order chi connectivity index (χ0) is 17.3. The lowest BCUT2D eigenvalue weighted by atomic mass is 10.2. The van der Waals surface area contributed by atoms with Gasteiger partial charge in [-0.2, -0.15) is 0 Å². The molecule has 0 unspecified atom stereocenters. The lowest BCUT2D eigenvalue weighted by Crippen LogP contribution is -3.00. The van der Waals surface area contributed by atoms with E-state index >= 15 is 0 Å². The second kappa shape index (κ2) is 13.7. The molecule has 0 aromatic heterocycles. The lowest BCUT2D eigenvalue weighted by Gasteiger charge is -2.39. The fourth-order valence-electron chi connectivity index (χ4n) is 2.90. The number of ether oxygens (including phenoxy) is 1. The van der Waals surface area contributed by atoms with Crippen LogP contribution in [0.2, 0.25) is 0 Å². The third-order valence-corrected chi connectivity index (χ3v) is 5.67. The molecule has 0 radical (unpaired) electrons. The van der Waals surface area contributed by atoms with Crippen LogP contribution in [0.4, 0.5) is 0 Å². The number of rotatable bonds is 11. The molecule has 3 nitrogen and oxygen atoms in total. The molecular formula is C20H38I2N2O. The lowest BCUT2D eigenvalue weighted by molar-refractivity contribution is -0.930. The first-order chi connectivity index (χ1) is 10.9. The summed E-state index contributed by atoms with van der Waals surface area (Å²) in [4.78, 5) is 0. The molecule has 0 atom stereocenters. The van der Waals surface area contributed by atoms with Crippen molar-refractivity contribution in [2.24, 2.45) is 0 Å². The van der Waals surface area contributed by atoms with Crippen molar-refractivity contribution in [1.82, 2.24) is 0 Å². The van der Waals surface area contributed by atoms with E-state index in [1.54, 1.807) is 0 Å². The summed E-state index contributed by atoms with van der Waals surface area (Å²) in [5, 5.41) is 0. The van der Waals surface area contributed by atoms with Gasteiger partial charge in [-0.3, -0.25) is 0 Å². The van der Waals surface area contributed by atoms with Crippen LogP contribution in [0.15, 0.2) is 30.3 Å². The van der Waals surface area contributed by atoms with Crippen molar-refractivity contribution in [1.29, 1.82) is 0 Å². The van der Waals surface area contributed by atoms with Crippen LogP contribution in [0, 0.1) is 0 Å². The van der Waals surface area contributed by atoms with Crippen LogP contribution < -0.4 is 48.0 Å². The van der Waals surface area contributed by atoms with Crippen molar-refractivity contribution >= 4 is 0 Å². The highest BCUT2D eigenvalue weighted by Crippen LogP contribution is 2.14. The summed E-state index contributed by atoms with van der Waals surface area (Å²) in [5.74, 6) is 0. The molecule has 0 bridgehead atoms. The summed E-state index contributed by atoms with van der Waals surface area (Å²) in [6, 6.07) is 10.5. The molecule has 0 spiro atoms. The highest BCUT2D eigenvalue weighted by atomic mass is 127. The summed E-state index contributed by atoms with van der Waals surface area (Å²) < 4.78 is 8.55. The van der Waals surface area contributed by atoms with Crippen molar-refractivity contribution in [3.8, 4) is 0 Å². The maximum absolute atomic E-state index is 6.40. The summed E-state index contributed by atoms with van der Waals surface area (Å²) in [6.07, 6.45) is 0.296. The molecule has 0 saturated carbocycles. The summed E-state index contributed by atoms with van der Waals surface area (Å²) in [7, 11) is 4.70. The zero-order valence-corrected chi connectivity index (χ0v) is 21.3. The molecule has 1 aromatic carbocycles. The van der Waals surface area contributed by atoms with Crippen molar-refractivity contribution in [3.63, 3.8) is 0 Å². The van der Waals surface area contributed by atoms with Gasteiger partial charge in [0.2, 0.25) is 0 Å². The van der Waals surface area contributed by atoms with Crippen molar-refractivity contribution in [3.05, 3.63) is 35.9 Å². The van der Waals surface area contributed by atoms with Gasteiger partial charge in [0.1, 0.15) is 13.1 Å². The van der Waals surface area contributed by atoms with E-state index in [2.05, 4.69) is 72.1 Å². The highest BCUT2D eigenvalue weighted by Gasteiger charge is 2.30. The number of halogens is 2. The standard InChI is InChI=1S/C20H38N2O.2HI/c1-7-21(5,8-2)16-20(17-22(6,9-3)10-4)23-18-19-14-12-11-13-15-19;;/h11-15,20H,7-10,16-18H2,1-6H3;2*1H/q+2;;/p-2. The van der Waals surface area contributed by atoms with Crippen LogP contribution in [0.3, 0.4) is 0 Å². The van der Waals surface area contributed by atoms with Gasteiger partial charge in [0, 0.05) is 0 Å². The van der Waals surface area contributed by atoms with E-state index in [0.717, 1.165) is 48.2 Å². The van der Waals surface area contributed by atoms with Crippen LogP contribution >= 0.6 is 0 Å². The fourth-order valence-corrected chi connectivity index (χ4v) is 2.90. The second-order valence-corrected chi connectivity index (χ2v) is 7.29. The summed E-state index contributed by atoms with van der Waals surface area (Å²) >= 11 is 0. The van der Waals surface area contributed by atoms with Gasteiger partial charge < -0.3 is 61.7 Å². The average molecular weight is 576 g/mol. The van der Waals surface area contributed by atoms with E-state index in [0.29, 0.717) is 12.7 Å². The maximum atomic E-state index is 6.40. The molecular weight excluding hydrogens is 538 g/mol. The number of hydrogen-bond acceptors (Lipinski definition) is 1. The summed E-state index contributed by atoms with van der Waals surface area (Å²) in [5.41, 5.74) is 1.27. The molecule has 5 heteroatoms. The first-order valence-electron chi connectivity index (χ1n) is 9.23. The number of nitrogens with zero attached hydrogens (tertiary/aromatic N) is 2. The Morgan fingerprint density at radius 3 is 1.52 bits per heavy atom. The van der Waals surface area contributed by atoms with Crippen LogP contribution in [0.1, 0.15) is 33.3 Å². The van der Waals surface area contributed by atoms with Crippen molar-refractivity contribution < 1.29 is 61.7 Å². The Balaban J connectivity index is 0. The van der Waals surface area contributed by atoms with Gasteiger partial charge in [0.15, 0.2) is 6.10 Å². The van der Waals surface area contributed by atoms with E-state index in [-0.39, 0.29) is 48.0 Å². The Hall–Kier alpha value is 0.560. The molecule has 0 aliphatic heterocycles. The van der Waals surface area contributed by atoms with Crippen LogP contribution in [-0.2, 0) is 11.3 Å². The van der Waals surface area contributed by atoms with Gasteiger partial charge in [-0.15, -0.1) is 0 Å². The Labute approximate surface area is 190 Å². The summed E-state index contributed by atoms with van der Waals surface area (Å²) in [6.45, 7) is 16.7. The predicted octanol–water partition coefficient (Wildman–Crippen LogP) is -2.45. The molecule has 1 rings (SSSR count). The smallest absolute Gasteiger partial charge is 0.155 e. The molecule has 0 aliphatic rings. The Morgan fingerprint density at radius 1 is 0.760 bits per heavy atom. The van der Waals surface area contributed by atoms with E-state index in [1.807, 2.05) is 0 Å². The van der Waals surface area contributed by atoms with E-state index in [1.165, 1.54) is 5.56 Å². The van der Waals surface area contributed by atoms with Gasteiger partial charge in [-0.05, 0) is 33.3 Å². The molecule has 148 valence electrons. The van der Waals surface area contributed by atoms with E-state index in [4.69, 9.17) is 4.74 Å². The number of hydrogen-bond donors (Lipinski definition) is 0. The molecule has 0 aliphatic carbocycles. The SMILES string of the molecule is CC[N+](C)(CC)CC(C[N+](C)(CC)CC)OCc1ccccc1.[I-].[I-]. The minimum absolute atomic E-state index is 0. The number of quaternary nitrogens is 2. The normalized spacial score (nSPS) is 11.8. The first kappa shape index (κ1) is 27.8. The fraction of sp³-hybridized carbons (Fsp3) is 0.700. The third-order valence-electron chi connectivity index (χ3n) is 5.67. The molecule has 1 aromatic rings. The minimum Gasteiger partial charge on any atom is -1.00 e. The Morgan fingerprint density at radius 2 is 1.16 bits per heavy atom. The minimum atomic E-state index is 0. The Bertz CT molecular complexity index is 415. The number of benzene rings is 1. The van der Waals surface area contributed by atoms with Crippen LogP contribution in [-0.4, -0.2) is 68.4 Å². The molecule has 0 heterocycles. The second-order valence-electron chi connectivity index (χ2n) is 7.29. The Kier molecular flexibility index (Phi) is 15.2. The molecule has 0 N–H and O–H groups in total. The zero-order valence-electron chi connectivity index (χ0n) is 17.0. The highest BCUT2D eigenvalue weighted by molar-refractivity contribution is 5.13. The van der Waals surface area contributed by atoms with Crippen LogP contribution in [0.5, 0.6) is 0 Å².